The number of carbonyl (C=O) groups excluding carboxylic acids is 2. The van der Waals surface area contributed by atoms with Gasteiger partial charge in [-0.2, -0.15) is 0 Å². The van der Waals surface area contributed by atoms with Gasteiger partial charge in [-0.15, -0.1) is 0 Å². The fourth-order valence-electron chi connectivity index (χ4n) is 2.21. The Morgan fingerprint density at radius 3 is 2.85 bits per heavy atom. The van der Waals surface area contributed by atoms with Crippen LogP contribution >= 0.6 is 15.9 Å². The number of hydrogen-bond donors (Lipinski definition) is 0. The highest BCUT2D eigenvalue weighted by atomic mass is 79.9. The van der Waals surface area contributed by atoms with Crippen molar-refractivity contribution in [2.75, 3.05) is 23.9 Å². The largest absolute Gasteiger partial charge is 0.469 e. The Balaban J connectivity index is 2.17. The first-order valence-electron chi connectivity index (χ1n) is 6.26. The van der Waals surface area contributed by atoms with E-state index in [0.717, 1.165) is 5.33 Å². The third-order valence-corrected chi connectivity index (χ3v) is 4.25. The summed E-state index contributed by atoms with van der Waals surface area (Å²) in [6.07, 6.45) is 0.358. The van der Waals surface area contributed by atoms with Crippen molar-refractivity contribution in [3.63, 3.8) is 0 Å². The highest BCUT2D eigenvalue weighted by molar-refractivity contribution is 9.09. The summed E-state index contributed by atoms with van der Waals surface area (Å²) in [5.41, 5.74) is 0.800. The van der Waals surface area contributed by atoms with E-state index in [-0.39, 0.29) is 23.8 Å². The van der Waals surface area contributed by atoms with Crippen molar-refractivity contribution in [1.82, 2.24) is 0 Å². The molecule has 1 aliphatic rings. The summed E-state index contributed by atoms with van der Waals surface area (Å²) in [5.74, 6) is -0.744. The molecule has 1 atom stereocenters. The second-order valence-electron chi connectivity index (χ2n) is 4.76. The Labute approximate surface area is 125 Å². The lowest BCUT2D eigenvalue weighted by Crippen LogP contribution is -2.24. The number of amides is 1. The number of rotatable bonds is 4. The summed E-state index contributed by atoms with van der Waals surface area (Å²) >= 11 is 3.36. The molecular weight excluding hydrogens is 329 g/mol. The van der Waals surface area contributed by atoms with Crippen molar-refractivity contribution in [3.05, 3.63) is 29.6 Å². The van der Waals surface area contributed by atoms with Gasteiger partial charge < -0.3 is 9.64 Å². The van der Waals surface area contributed by atoms with Crippen LogP contribution in [0.3, 0.4) is 0 Å². The van der Waals surface area contributed by atoms with E-state index in [2.05, 4.69) is 20.7 Å². The van der Waals surface area contributed by atoms with E-state index >= 15 is 0 Å². The molecule has 1 aliphatic heterocycles. The molecule has 6 heteroatoms. The van der Waals surface area contributed by atoms with Gasteiger partial charge in [0.05, 0.1) is 13.5 Å². The first-order chi connectivity index (χ1) is 9.55. The molecule has 2 rings (SSSR count). The number of hydrogen-bond acceptors (Lipinski definition) is 3. The maximum atomic E-state index is 14.0. The monoisotopic (exact) mass is 343 g/mol. The standard InChI is InChI=1S/C14H15BrFNO3/c1-20-14(19)5-10-2-3-11(6-12(10)16)17-8-9(7-15)4-13(17)18/h2-3,6,9H,4-5,7-8H2,1H3. The van der Waals surface area contributed by atoms with Gasteiger partial charge in [0.2, 0.25) is 5.91 Å². The molecule has 1 unspecified atom stereocenters. The van der Waals surface area contributed by atoms with Crippen LogP contribution in [0.25, 0.3) is 0 Å². The van der Waals surface area contributed by atoms with E-state index in [4.69, 9.17) is 0 Å². The van der Waals surface area contributed by atoms with Crippen LogP contribution in [0.5, 0.6) is 0 Å². The number of alkyl halides is 1. The highest BCUT2D eigenvalue weighted by Gasteiger charge is 2.30. The van der Waals surface area contributed by atoms with Crippen molar-refractivity contribution in [2.24, 2.45) is 5.92 Å². The Morgan fingerprint density at radius 1 is 1.55 bits per heavy atom. The minimum Gasteiger partial charge on any atom is -0.469 e. The fourth-order valence-corrected chi connectivity index (χ4v) is 2.64. The zero-order valence-corrected chi connectivity index (χ0v) is 12.7. The molecule has 1 fully saturated rings. The summed E-state index contributed by atoms with van der Waals surface area (Å²) < 4.78 is 18.5. The molecule has 4 nitrogen and oxygen atoms in total. The van der Waals surface area contributed by atoms with Crippen LogP contribution in [-0.2, 0) is 20.7 Å². The number of methoxy groups -OCH3 is 1. The van der Waals surface area contributed by atoms with Crippen molar-refractivity contribution < 1.29 is 18.7 Å². The van der Waals surface area contributed by atoms with Gasteiger partial charge in [0.25, 0.3) is 0 Å². The number of anilines is 1. The molecule has 0 aliphatic carbocycles. The maximum absolute atomic E-state index is 14.0. The molecule has 1 aromatic rings. The lowest BCUT2D eigenvalue weighted by molar-refractivity contribution is -0.139. The normalized spacial score (nSPS) is 18.4. The second-order valence-corrected chi connectivity index (χ2v) is 5.40. The summed E-state index contributed by atoms with van der Waals surface area (Å²) in [4.78, 5) is 24.6. The summed E-state index contributed by atoms with van der Waals surface area (Å²) in [6.45, 7) is 0.583. The highest BCUT2D eigenvalue weighted by Crippen LogP contribution is 2.27. The molecule has 0 aromatic heterocycles. The van der Waals surface area contributed by atoms with Gasteiger partial charge in [0.1, 0.15) is 5.82 Å². The predicted molar refractivity (Wildman–Crippen MR) is 76.4 cm³/mol. The zero-order chi connectivity index (χ0) is 14.7. The molecule has 1 saturated heterocycles. The lowest BCUT2D eigenvalue weighted by atomic mass is 10.1. The number of ether oxygens (including phenoxy) is 1. The molecule has 1 aromatic carbocycles. The van der Waals surface area contributed by atoms with Crippen molar-refractivity contribution in [2.45, 2.75) is 12.8 Å². The van der Waals surface area contributed by atoms with Gasteiger partial charge >= 0.3 is 5.97 Å². The van der Waals surface area contributed by atoms with Crippen molar-refractivity contribution in [3.8, 4) is 0 Å². The van der Waals surface area contributed by atoms with E-state index in [0.29, 0.717) is 18.7 Å². The zero-order valence-electron chi connectivity index (χ0n) is 11.1. The van der Waals surface area contributed by atoms with E-state index in [1.165, 1.54) is 19.2 Å². The van der Waals surface area contributed by atoms with Crippen LogP contribution in [0.15, 0.2) is 18.2 Å². The van der Waals surface area contributed by atoms with Gasteiger partial charge in [-0.05, 0) is 23.6 Å². The number of nitrogens with zero attached hydrogens (tertiary/aromatic N) is 1. The minimum atomic E-state index is -0.497. The lowest BCUT2D eigenvalue weighted by Gasteiger charge is -2.17. The smallest absolute Gasteiger partial charge is 0.310 e. The topological polar surface area (TPSA) is 46.6 Å². The number of benzene rings is 1. The SMILES string of the molecule is COC(=O)Cc1ccc(N2CC(CBr)CC2=O)cc1F. The first kappa shape index (κ1) is 15.0. The van der Waals surface area contributed by atoms with Crippen LogP contribution in [0.4, 0.5) is 10.1 Å². The molecule has 0 N–H and O–H groups in total. The molecular formula is C14H15BrFNO3. The molecule has 0 spiro atoms. The van der Waals surface area contributed by atoms with Crippen molar-refractivity contribution in [1.29, 1.82) is 0 Å². The number of esters is 1. The van der Waals surface area contributed by atoms with Gasteiger partial charge in [0, 0.05) is 24.0 Å². The minimum absolute atomic E-state index is 0.00503. The average molecular weight is 344 g/mol. The second kappa shape index (κ2) is 6.35. The van der Waals surface area contributed by atoms with Gasteiger partial charge in [0.15, 0.2) is 0 Å². The molecule has 0 radical (unpaired) electrons. The van der Waals surface area contributed by atoms with Gasteiger partial charge in [-0.25, -0.2) is 4.39 Å². The van der Waals surface area contributed by atoms with E-state index in [1.807, 2.05) is 0 Å². The molecule has 0 saturated carbocycles. The number of carbonyl (C=O) groups is 2. The fraction of sp³-hybridized carbons (Fsp3) is 0.429. The van der Waals surface area contributed by atoms with Gasteiger partial charge in [-0.3, -0.25) is 9.59 Å². The van der Waals surface area contributed by atoms with Crippen LogP contribution in [0.1, 0.15) is 12.0 Å². The van der Waals surface area contributed by atoms with E-state index < -0.39 is 11.8 Å². The third-order valence-electron chi connectivity index (χ3n) is 3.33. The van der Waals surface area contributed by atoms with Crippen molar-refractivity contribution >= 4 is 33.5 Å². The van der Waals surface area contributed by atoms with Gasteiger partial charge in [-0.1, -0.05) is 22.0 Å². The maximum Gasteiger partial charge on any atom is 0.310 e. The molecule has 1 amide bonds. The predicted octanol–water partition coefficient (Wildman–Crippen LogP) is 2.29. The third kappa shape index (κ3) is 3.17. The molecule has 108 valence electrons. The van der Waals surface area contributed by atoms with Crippen LogP contribution in [-0.4, -0.2) is 30.9 Å². The van der Waals surface area contributed by atoms with Crippen LogP contribution < -0.4 is 4.90 Å². The first-order valence-corrected chi connectivity index (χ1v) is 7.39. The Morgan fingerprint density at radius 2 is 2.30 bits per heavy atom. The molecule has 20 heavy (non-hydrogen) atoms. The van der Waals surface area contributed by atoms with Crippen LogP contribution in [0.2, 0.25) is 0 Å². The van der Waals surface area contributed by atoms with Crippen LogP contribution in [0, 0.1) is 11.7 Å². The summed E-state index contributed by atoms with van der Waals surface area (Å²) in [7, 11) is 1.26. The van der Waals surface area contributed by atoms with E-state index in [1.54, 1.807) is 11.0 Å². The summed E-state index contributed by atoms with van der Waals surface area (Å²) in [6, 6.07) is 4.49. The number of halogens is 2. The molecule has 0 bridgehead atoms. The quantitative estimate of drug-likeness (QED) is 0.622. The average Bonchev–Trinajstić information content (AvgIpc) is 2.82. The Kier molecular flexibility index (Phi) is 4.75. The van der Waals surface area contributed by atoms with E-state index in [9.17, 15) is 14.0 Å². The molecule has 1 heterocycles. The Hall–Kier alpha value is -1.43. The summed E-state index contributed by atoms with van der Waals surface area (Å²) in [5, 5.41) is 0.748. The Bertz CT molecular complexity index is 535.